The maximum Gasteiger partial charge on any atom is 2.00 e. The van der Waals surface area contributed by atoms with Gasteiger partial charge >= 0.3 is 194 Å². The van der Waals surface area contributed by atoms with Crippen LogP contribution in [0.2, 0.25) is 0 Å². The van der Waals surface area contributed by atoms with Crippen LogP contribution in [0.25, 0.3) is 0 Å². The van der Waals surface area contributed by atoms with Gasteiger partial charge in [-0.1, -0.05) is 0 Å². The summed E-state index contributed by atoms with van der Waals surface area (Å²) in [5.74, 6) is -6.12. The van der Waals surface area contributed by atoms with Gasteiger partial charge in [-0.2, -0.15) is 0 Å². The number of rotatable bonds is 11. The number of carbonyl (C=O) groups excluding carboxylic acids is 5. The van der Waals surface area contributed by atoms with Crippen LogP contribution in [0, 0.1) is 0 Å². The molecular weight excluding hydrogens is 658 g/mol. The van der Waals surface area contributed by atoms with E-state index in [1.54, 1.807) is 0 Å². The normalized spacial score (nSPS) is 7.95. The Hall–Kier alpha value is 4.13. The smallest absolute Gasteiger partial charge is 0.811 e. The molecule has 0 rings (SSSR count). The summed E-state index contributed by atoms with van der Waals surface area (Å²) < 4.78 is 50.7. The molecule has 0 aromatic carbocycles. The number of hydrogen-bond donors (Lipinski definition) is 0. The molecule has 37 heavy (non-hydrogen) atoms. The molecule has 0 aliphatic heterocycles. The predicted molar refractivity (Wildman–Crippen MR) is 79.6 cm³/mol. The Labute approximate surface area is 361 Å². The van der Waals surface area contributed by atoms with Crippen LogP contribution in [-0.4, -0.2) is 106 Å². The largest absolute Gasteiger partial charge is 2.00 e. The van der Waals surface area contributed by atoms with Crippen molar-refractivity contribution in [2.24, 2.45) is 0 Å². The first-order valence-corrected chi connectivity index (χ1v) is 8.73. The van der Waals surface area contributed by atoms with Gasteiger partial charge < -0.3 is 74.9 Å². The molecular formula is C11H14FeN2Na6O15S2. The van der Waals surface area contributed by atoms with Crippen LogP contribution in [0.4, 0.5) is 0 Å². The van der Waals surface area contributed by atoms with E-state index in [-0.39, 0.29) is 208 Å². The molecule has 0 aromatic rings. The summed E-state index contributed by atoms with van der Waals surface area (Å²) >= 11 is -0.750. The maximum atomic E-state index is 10.4. The average molecular weight is 672 g/mol. The molecule has 184 valence electrons. The van der Waals surface area contributed by atoms with E-state index in [0.717, 1.165) is 9.80 Å². The summed E-state index contributed by atoms with van der Waals surface area (Å²) in [5.41, 5.74) is 0. The molecule has 0 radical (unpaired) electrons. The van der Waals surface area contributed by atoms with E-state index >= 15 is 0 Å². The van der Waals surface area contributed by atoms with Crippen molar-refractivity contribution in [3.8, 4) is 0 Å². The zero-order chi connectivity index (χ0) is 24.9. The fourth-order valence-electron chi connectivity index (χ4n) is 1.44. The fraction of sp³-hybridized carbons (Fsp3) is 0.545. The zero-order valence-electron chi connectivity index (χ0n) is 21.1. The van der Waals surface area contributed by atoms with Crippen LogP contribution in [0.1, 0.15) is 0 Å². The van der Waals surface area contributed by atoms with Gasteiger partial charge in [-0.3, -0.25) is 18.2 Å². The molecule has 0 fully saturated rings. The van der Waals surface area contributed by atoms with Crippen molar-refractivity contribution in [2.75, 3.05) is 39.3 Å². The van der Waals surface area contributed by atoms with Gasteiger partial charge in [-0.25, -0.2) is 0 Å². The number of carboxylic acids is 4. The summed E-state index contributed by atoms with van der Waals surface area (Å²) in [4.78, 5) is 51.4. The Bertz CT molecular complexity index is 566. The van der Waals surface area contributed by atoms with Crippen LogP contribution in [0.15, 0.2) is 0 Å². The molecule has 17 nitrogen and oxygen atoms in total. The predicted octanol–water partition coefficient (Wildman–Crippen LogP) is -26.9. The third kappa shape index (κ3) is 92.4. The Kier molecular flexibility index (Phi) is 98.2. The molecule has 0 unspecified atom stereocenters. The van der Waals surface area contributed by atoms with E-state index in [1.165, 1.54) is 0 Å². The van der Waals surface area contributed by atoms with E-state index in [4.69, 9.17) is 31.4 Å². The topological polar surface area (TPSA) is 310 Å². The van der Waals surface area contributed by atoms with E-state index in [2.05, 4.69) is 0 Å². The van der Waals surface area contributed by atoms with Crippen molar-refractivity contribution in [1.29, 1.82) is 0 Å². The van der Waals surface area contributed by atoms with Crippen LogP contribution in [0.5, 0.6) is 0 Å². The maximum absolute atomic E-state index is 10.4. The number of carboxylic acid groups (broad SMARTS) is 4. The van der Waals surface area contributed by atoms with Crippen LogP contribution >= 0.6 is 12.3 Å². The van der Waals surface area contributed by atoms with E-state index in [1.807, 2.05) is 6.79 Å². The monoisotopic (exact) mass is 672 g/mol. The van der Waals surface area contributed by atoms with Crippen molar-refractivity contribution in [2.45, 2.75) is 0 Å². The molecule has 26 heteroatoms. The average Bonchev–Trinajstić information content (AvgIpc) is 2.51. The van der Waals surface area contributed by atoms with Gasteiger partial charge in [-0.15, -0.1) is 0 Å². The first kappa shape index (κ1) is 73.0. The third-order valence-corrected chi connectivity index (χ3v) is 2.14. The molecule has 0 aromatic heterocycles. The molecule has 0 heterocycles. The van der Waals surface area contributed by atoms with E-state index in [9.17, 15) is 39.6 Å². The first-order valence-electron chi connectivity index (χ1n) is 6.73. The summed E-state index contributed by atoms with van der Waals surface area (Å²) in [6, 6.07) is 0. The SMILES string of the molecule is C=O.O=C([O-])CN(CCN(CC(=O)[O-])CC(=O)[O-])CC(=O)[O-].O=S(=O)([O-])[O-].[Fe+2].[Na+].[Na+].[Na+].[Na+].[Na+].[Na+].[O-]S[O-]. The zero-order valence-corrected chi connectivity index (χ0v) is 35.9. The summed E-state index contributed by atoms with van der Waals surface area (Å²) in [6.45, 7) is -1.25. The molecule has 0 amide bonds. The van der Waals surface area contributed by atoms with Gasteiger partial charge in [-0.05, 0) is 0 Å². The van der Waals surface area contributed by atoms with Crippen molar-refractivity contribution in [3.63, 3.8) is 0 Å². The van der Waals surface area contributed by atoms with Crippen molar-refractivity contribution < 1.29 is 265 Å². The number of carbonyl (C=O) groups is 5. The second-order valence-corrected chi connectivity index (χ2v) is 5.34. The second kappa shape index (κ2) is 49.8. The van der Waals surface area contributed by atoms with Gasteiger partial charge in [0.1, 0.15) is 6.79 Å². The van der Waals surface area contributed by atoms with Gasteiger partial charge in [0.15, 0.2) is 0 Å². The van der Waals surface area contributed by atoms with Gasteiger partial charge in [0.25, 0.3) is 0 Å². The Morgan fingerprint density at radius 2 is 0.703 bits per heavy atom. The molecule has 0 saturated carbocycles. The van der Waals surface area contributed by atoms with Crippen LogP contribution in [-0.2, 0) is 51.4 Å². The van der Waals surface area contributed by atoms with Gasteiger partial charge in [0.05, 0.1) is 23.9 Å². The number of aliphatic carboxylic acids is 4. The molecule has 0 bridgehead atoms. The number of nitrogens with zero attached hydrogens (tertiary/aromatic N) is 2. The van der Waals surface area contributed by atoms with Gasteiger partial charge in [0, 0.05) is 49.7 Å². The first-order chi connectivity index (χ1) is 13.6. The van der Waals surface area contributed by atoms with Crippen LogP contribution < -0.4 is 198 Å². The van der Waals surface area contributed by atoms with E-state index in [0.29, 0.717) is 0 Å². The Morgan fingerprint density at radius 1 is 0.595 bits per heavy atom. The number of hydrogen-bond acceptors (Lipinski definition) is 18. The molecule has 0 saturated heterocycles. The van der Waals surface area contributed by atoms with Crippen molar-refractivity contribution in [1.82, 2.24) is 9.80 Å². The Morgan fingerprint density at radius 3 is 0.784 bits per heavy atom. The summed E-state index contributed by atoms with van der Waals surface area (Å²) in [5, 5.41) is 41.6. The third-order valence-electron chi connectivity index (χ3n) is 2.14. The summed E-state index contributed by atoms with van der Waals surface area (Å²) in [7, 11) is -5.17. The standard InChI is InChI=1S/C10H16N2O8.CH2O.Fe.6Na.H2O4S.H2O2S/c13-7(14)3-11(4-8(15)16)1-2-12(5-9(17)18)6-10(19)20;1-2;;;;;;;;1-5(2,3)4;1-3-2/h1-6H2,(H,13,14)(H,15,16)(H,17,18)(H,19,20);1H2;;;;;;;;(H2,1,2,3,4);1-2H/q;;+2;6*+1;;/p-8. The minimum atomic E-state index is -5.17. The quantitative estimate of drug-likeness (QED) is 0.0851. The molecule has 0 atom stereocenters. The van der Waals surface area contributed by atoms with Gasteiger partial charge in [0.2, 0.25) is 0 Å². The second-order valence-electron chi connectivity index (χ2n) is 4.39. The Balaban J connectivity index is -0.0000000384. The minimum Gasteiger partial charge on any atom is -0.811 e. The summed E-state index contributed by atoms with van der Waals surface area (Å²) in [6.07, 6.45) is 0. The van der Waals surface area contributed by atoms with Crippen molar-refractivity contribution >= 4 is 53.4 Å². The minimum absolute atomic E-state index is 0. The fourth-order valence-corrected chi connectivity index (χ4v) is 1.44. The van der Waals surface area contributed by atoms with Crippen molar-refractivity contribution in [3.05, 3.63) is 0 Å². The molecule has 0 spiro atoms. The molecule has 0 aliphatic rings. The van der Waals surface area contributed by atoms with Crippen LogP contribution in [0.3, 0.4) is 0 Å². The molecule has 0 N–H and O–H groups in total. The van der Waals surface area contributed by atoms with E-state index < -0.39 is 72.8 Å². The molecule has 0 aliphatic carbocycles.